The van der Waals surface area contributed by atoms with E-state index in [1.54, 1.807) is 23.6 Å². The minimum atomic E-state index is -0.314. The maximum absolute atomic E-state index is 13.6. The molecule has 0 saturated heterocycles. The standard InChI is InChI=1S/C26H26FN3O3S/c1-3-12-28-26(32)22-16-34-23(29-22)15-33-20-10-7-17-11-13-30(24(31)4-2)25(21(17)14-20)18-5-8-19(27)9-6-18/h3,5-10,14,16,25H,1,4,11-13,15H2,2H3,(H,28,32). The van der Waals surface area contributed by atoms with Crippen LogP contribution in [-0.4, -0.2) is 34.8 Å². The summed E-state index contributed by atoms with van der Waals surface area (Å²) in [6.45, 7) is 6.64. The summed E-state index contributed by atoms with van der Waals surface area (Å²) >= 11 is 1.35. The van der Waals surface area contributed by atoms with E-state index in [4.69, 9.17) is 4.74 Å². The molecule has 0 aliphatic carbocycles. The van der Waals surface area contributed by atoms with Gasteiger partial charge in [-0.15, -0.1) is 17.9 Å². The van der Waals surface area contributed by atoms with Crippen LogP contribution in [0.1, 0.15) is 51.6 Å². The van der Waals surface area contributed by atoms with Crippen LogP contribution < -0.4 is 10.1 Å². The van der Waals surface area contributed by atoms with Crippen molar-refractivity contribution in [3.63, 3.8) is 0 Å². The fourth-order valence-electron chi connectivity index (χ4n) is 4.04. The molecule has 3 aromatic rings. The van der Waals surface area contributed by atoms with Gasteiger partial charge in [0, 0.05) is 24.9 Å². The van der Waals surface area contributed by atoms with Gasteiger partial charge < -0.3 is 15.0 Å². The van der Waals surface area contributed by atoms with Gasteiger partial charge in [0.15, 0.2) is 0 Å². The maximum Gasteiger partial charge on any atom is 0.271 e. The van der Waals surface area contributed by atoms with Crippen LogP contribution in [0.2, 0.25) is 0 Å². The third kappa shape index (κ3) is 5.17. The molecule has 176 valence electrons. The number of fused-ring (bicyclic) bond motifs is 1. The number of nitrogens with one attached hydrogen (secondary N) is 1. The summed E-state index contributed by atoms with van der Waals surface area (Å²) in [4.78, 5) is 31.0. The van der Waals surface area contributed by atoms with Crippen molar-refractivity contribution in [3.8, 4) is 5.75 Å². The molecule has 1 aliphatic rings. The maximum atomic E-state index is 13.6. The topological polar surface area (TPSA) is 71.5 Å². The van der Waals surface area contributed by atoms with Crippen molar-refractivity contribution in [3.05, 3.63) is 93.7 Å². The summed E-state index contributed by atoms with van der Waals surface area (Å²) in [6, 6.07) is 11.9. The van der Waals surface area contributed by atoms with Crippen molar-refractivity contribution in [2.75, 3.05) is 13.1 Å². The first-order valence-corrected chi connectivity index (χ1v) is 12.0. The molecule has 2 aromatic carbocycles. The van der Waals surface area contributed by atoms with E-state index in [1.807, 2.05) is 30.0 Å². The highest BCUT2D eigenvalue weighted by molar-refractivity contribution is 7.09. The molecule has 1 atom stereocenters. The molecule has 0 fully saturated rings. The second-order valence-corrected chi connectivity index (χ2v) is 8.86. The molecule has 2 heterocycles. The third-order valence-electron chi connectivity index (χ3n) is 5.71. The van der Waals surface area contributed by atoms with E-state index in [1.165, 1.54) is 23.5 Å². The normalized spacial score (nSPS) is 14.9. The van der Waals surface area contributed by atoms with Gasteiger partial charge in [-0.2, -0.15) is 0 Å². The number of thiazole rings is 1. The van der Waals surface area contributed by atoms with Crippen molar-refractivity contribution in [1.29, 1.82) is 0 Å². The van der Waals surface area contributed by atoms with E-state index in [9.17, 15) is 14.0 Å². The highest BCUT2D eigenvalue weighted by atomic mass is 32.1. The van der Waals surface area contributed by atoms with Crippen LogP contribution in [0.15, 0.2) is 60.5 Å². The molecule has 6 nitrogen and oxygen atoms in total. The number of ether oxygens (including phenoxy) is 1. The second kappa shape index (κ2) is 10.6. The Morgan fingerprint density at radius 3 is 2.82 bits per heavy atom. The number of amides is 2. The summed E-state index contributed by atoms with van der Waals surface area (Å²) in [6.07, 6.45) is 2.75. The number of hydrogen-bond acceptors (Lipinski definition) is 5. The lowest BCUT2D eigenvalue weighted by atomic mass is 9.87. The van der Waals surface area contributed by atoms with Crippen molar-refractivity contribution < 1.29 is 18.7 Å². The fraction of sp³-hybridized carbons (Fsp3) is 0.269. The molecule has 0 radical (unpaired) electrons. The van der Waals surface area contributed by atoms with Crippen LogP contribution in [-0.2, 0) is 17.8 Å². The summed E-state index contributed by atoms with van der Waals surface area (Å²) in [5.41, 5.74) is 3.32. The number of carbonyl (C=O) groups excluding carboxylic acids is 2. The number of benzene rings is 2. The first kappa shape index (κ1) is 23.6. The molecular weight excluding hydrogens is 453 g/mol. The molecule has 2 amide bonds. The van der Waals surface area contributed by atoms with Crippen LogP contribution >= 0.6 is 11.3 Å². The van der Waals surface area contributed by atoms with Crippen LogP contribution in [0.3, 0.4) is 0 Å². The first-order valence-electron chi connectivity index (χ1n) is 11.1. The van der Waals surface area contributed by atoms with E-state index < -0.39 is 0 Å². The number of hydrogen-bond donors (Lipinski definition) is 1. The van der Waals surface area contributed by atoms with Gasteiger partial charge in [-0.05, 0) is 47.4 Å². The Hall–Kier alpha value is -3.52. The van der Waals surface area contributed by atoms with E-state index >= 15 is 0 Å². The average molecular weight is 480 g/mol. The molecule has 0 saturated carbocycles. The lowest BCUT2D eigenvalue weighted by Crippen LogP contribution is -2.40. The van der Waals surface area contributed by atoms with Gasteiger partial charge in [-0.3, -0.25) is 9.59 Å². The molecule has 1 aromatic heterocycles. The minimum absolute atomic E-state index is 0.0522. The number of rotatable bonds is 8. The van der Waals surface area contributed by atoms with E-state index in [0.717, 1.165) is 23.1 Å². The Morgan fingerprint density at radius 2 is 2.09 bits per heavy atom. The SMILES string of the molecule is C=CCNC(=O)c1csc(COc2ccc3c(c2)C(c2ccc(F)cc2)N(C(=O)CC)CC3)n1. The molecule has 1 N–H and O–H groups in total. The van der Waals surface area contributed by atoms with Crippen LogP contribution in [0.4, 0.5) is 4.39 Å². The van der Waals surface area contributed by atoms with Gasteiger partial charge in [0.05, 0.1) is 6.04 Å². The molecule has 34 heavy (non-hydrogen) atoms. The zero-order valence-corrected chi connectivity index (χ0v) is 19.7. The summed E-state index contributed by atoms with van der Waals surface area (Å²) in [5.74, 6) is 0.131. The lowest BCUT2D eigenvalue weighted by Gasteiger charge is -2.38. The van der Waals surface area contributed by atoms with Crippen LogP contribution in [0.25, 0.3) is 0 Å². The summed E-state index contributed by atoms with van der Waals surface area (Å²) in [5, 5.41) is 5.08. The van der Waals surface area contributed by atoms with Crippen molar-refractivity contribution in [1.82, 2.24) is 15.2 Å². The second-order valence-electron chi connectivity index (χ2n) is 7.92. The smallest absolute Gasteiger partial charge is 0.271 e. The van der Waals surface area contributed by atoms with E-state index in [0.29, 0.717) is 36.0 Å². The monoisotopic (exact) mass is 479 g/mol. The summed E-state index contributed by atoms with van der Waals surface area (Å²) in [7, 11) is 0. The van der Waals surface area contributed by atoms with Gasteiger partial charge in [0.2, 0.25) is 5.91 Å². The molecule has 1 aliphatic heterocycles. The van der Waals surface area contributed by atoms with Crippen molar-refractivity contribution >= 4 is 23.2 Å². The Kier molecular flexibility index (Phi) is 7.37. The number of carbonyl (C=O) groups is 2. The quantitative estimate of drug-likeness (QED) is 0.477. The van der Waals surface area contributed by atoms with Gasteiger partial charge in [0.1, 0.15) is 28.9 Å². The first-order chi connectivity index (χ1) is 16.5. The Morgan fingerprint density at radius 1 is 1.29 bits per heavy atom. The van der Waals surface area contributed by atoms with Crippen LogP contribution in [0, 0.1) is 5.82 Å². The molecular formula is C26H26FN3O3S. The lowest BCUT2D eigenvalue weighted by molar-refractivity contribution is -0.132. The molecule has 0 spiro atoms. The Labute approximate surface area is 202 Å². The highest BCUT2D eigenvalue weighted by Gasteiger charge is 2.31. The summed E-state index contributed by atoms with van der Waals surface area (Å²) < 4.78 is 19.6. The Bertz CT molecular complexity index is 1190. The molecule has 0 bridgehead atoms. The van der Waals surface area contributed by atoms with Gasteiger partial charge >= 0.3 is 0 Å². The van der Waals surface area contributed by atoms with Gasteiger partial charge in [-0.1, -0.05) is 31.2 Å². The predicted octanol–water partition coefficient (Wildman–Crippen LogP) is 4.66. The van der Waals surface area contributed by atoms with Crippen molar-refractivity contribution in [2.24, 2.45) is 0 Å². The van der Waals surface area contributed by atoms with Crippen molar-refractivity contribution in [2.45, 2.75) is 32.4 Å². The number of nitrogens with zero attached hydrogens (tertiary/aromatic N) is 2. The molecule has 4 rings (SSSR count). The molecule has 1 unspecified atom stereocenters. The van der Waals surface area contributed by atoms with Gasteiger partial charge in [-0.25, -0.2) is 9.37 Å². The highest BCUT2D eigenvalue weighted by Crippen LogP contribution is 2.37. The predicted molar refractivity (Wildman–Crippen MR) is 129 cm³/mol. The zero-order valence-electron chi connectivity index (χ0n) is 18.9. The minimum Gasteiger partial charge on any atom is -0.486 e. The van der Waals surface area contributed by atoms with E-state index in [2.05, 4.69) is 16.9 Å². The van der Waals surface area contributed by atoms with Gasteiger partial charge in [0.25, 0.3) is 5.91 Å². The zero-order chi connectivity index (χ0) is 24.1. The van der Waals surface area contributed by atoms with Crippen LogP contribution in [0.5, 0.6) is 5.75 Å². The molecule has 8 heteroatoms. The largest absolute Gasteiger partial charge is 0.486 e. The number of halogens is 1. The fourth-order valence-corrected chi connectivity index (χ4v) is 4.73. The third-order valence-corrected chi connectivity index (χ3v) is 6.53. The van der Waals surface area contributed by atoms with E-state index in [-0.39, 0.29) is 30.3 Å². The number of aromatic nitrogens is 1. The Balaban J connectivity index is 1.56. The average Bonchev–Trinajstić information content (AvgIpc) is 3.34.